The topological polar surface area (TPSA) is 100 Å². The van der Waals surface area contributed by atoms with E-state index in [0.717, 1.165) is 16.5 Å². The summed E-state index contributed by atoms with van der Waals surface area (Å²) < 4.78 is 53.6. The molecule has 4 heterocycles. The van der Waals surface area contributed by atoms with Crippen molar-refractivity contribution >= 4 is 44.7 Å². The summed E-state index contributed by atoms with van der Waals surface area (Å²) in [7, 11) is 1.53. The van der Waals surface area contributed by atoms with E-state index in [1.54, 1.807) is 44.0 Å². The fraction of sp³-hybridized carbons (Fsp3) is 0.367. The number of anilines is 3. The van der Waals surface area contributed by atoms with Gasteiger partial charge in [0.25, 0.3) is 0 Å². The number of methoxy groups -OCH3 is 1. The Hall–Kier alpha value is -4.10. The Morgan fingerprint density at radius 1 is 1.05 bits per heavy atom. The van der Waals surface area contributed by atoms with Crippen LogP contribution in [0.4, 0.5) is 35.0 Å². The molecule has 1 aliphatic rings. The van der Waals surface area contributed by atoms with E-state index in [1.165, 1.54) is 35.6 Å². The lowest BCUT2D eigenvalue weighted by atomic mass is 10.1. The van der Waals surface area contributed by atoms with Crippen LogP contribution in [-0.4, -0.2) is 65.0 Å². The molecule has 0 bridgehead atoms. The molecule has 228 valence electrons. The molecule has 0 saturated carbocycles. The van der Waals surface area contributed by atoms with Gasteiger partial charge >= 0.3 is 12.3 Å². The van der Waals surface area contributed by atoms with E-state index < -0.39 is 23.4 Å². The Morgan fingerprint density at radius 2 is 1.79 bits per heavy atom. The van der Waals surface area contributed by atoms with E-state index in [2.05, 4.69) is 15.3 Å². The molecule has 1 aromatic carbocycles. The highest BCUT2D eigenvalue weighted by atomic mass is 32.1. The van der Waals surface area contributed by atoms with E-state index >= 15 is 0 Å². The average molecular weight is 616 g/mol. The number of aromatic nitrogens is 2. The van der Waals surface area contributed by atoms with Crippen molar-refractivity contribution in [2.45, 2.75) is 39.2 Å². The van der Waals surface area contributed by atoms with Crippen LogP contribution in [0, 0.1) is 0 Å². The number of pyridine rings is 2. The molecule has 3 aromatic heterocycles. The predicted octanol–water partition coefficient (Wildman–Crippen LogP) is 6.68. The summed E-state index contributed by atoms with van der Waals surface area (Å²) in [5.41, 5.74) is 0.543. The number of carbonyl (C=O) groups excluding carboxylic acids is 1. The van der Waals surface area contributed by atoms with Gasteiger partial charge < -0.3 is 29.7 Å². The van der Waals surface area contributed by atoms with Crippen molar-refractivity contribution in [2.75, 3.05) is 43.5 Å². The number of alkyl halides is 3. The number of aliphatic hydroxyl groups excluding tert-OH is 1. The Labute approximate surface area is 250 Å². The summed E-state index contributed by atoms with van der Waals surface area (Å²) in [5.74, 6) is 0.474. The largest absolute Gasteiger partial charge is 0.481 e. The van der Waals surface area contributed by atoms with Gasteiger partial charge in [0.1, 0.15) is 10.4 Å². The summed E-state index contributed by atoms with van der Waals surface area (Å²) in [6, 6.07) is 9.57. The van der Waals surface area contributed by atoms with Crippen molar-refractivity contribution < 1.29 is 32.5 Å². The summed E-state index contributed by atoms with van der Waals surface area (Å²) in [6.07, 6.45) is -1.92. The number of halogens is 3. The van der Waals surface area contributed by atoms with Crippen LogP contribution >= 0.6 is 11.3 Å². The Morgan fingerprint density at radius 3 is 2.40 bits per heavy atom. The number of hydrogen-bond donors (Lipinski definition) is 2. The quantitative estimate of drug-likeness (QED) is 0.248. The Balaban J connectivity index is 1.42. The smallest absolute Gasteiger partial charge is 0.418 e. The number of rotatable bonds is 6. The molecule has 43 heavy (non-hydrogen) atoms. The number of fused-ring (bicyclic) bond motifs is 1. The van der Waals surface area contributed by atoms with Gasteiger partial charge in [0.15, 0.2) is 0 Å². The van der Waals surface area contributed by atoms with Crippen LogP contribution in [0.5, 0.6) is 5.88 Å². The lowest BCUT2D eigenvalue weighted by Crippen LogP contribution is -2.50. The molecule has 5 rings (SSSR count). The number of carbonyl (C=O) groups is 1. The van der Waals surface area contributed by atoms with Crippen molar-refractivity contribution in [3.63, 3.8) is 0 Å². The molecule has 1 amide bonds. The average Bonchev–Trinajstić information content (AvgIpc) is 3.41. The number of amides is 1. The van der Waals surface area contributed by atoms with Gasteiger partial charge in [-0.25, -0.2) is 14.8 Å². The van der Waals surface area contributed by atoms with E-state index in [1.807, 2.05) is 12.1 Å². The van der Waals surface area contributed by atoms with Crippen LogP contribution in [0.3, 0.4) is 0 Å². The number of piperazine rings is 1. The number of ether oxygens (including phenoxy) is 2. The zero-order valence-corrected chi connectivity index (χ0v) is 25.0. The molecule has 0 spiro atoms. The van der Waals surface area contributed by atoms with Gasteiger partial charge in [0.05, 0.1) is 25.0 Å². The van der Waals surface area contributed by atoms with E-state index in [0.29, 0.717) is 27.3 Å². The van der Waals surface area contributed by atoms with Crippen molar-refractivity contribution in [1.82, 2.24) is 14.9 Å². The molecule has 0 atom stereocenters. The maximum absolute atomic E-state index is 14.4. The molecule has 0 radical (unpaired) electrons. The third kappa shape index (κ3) is 6.78. The van der Waals surface area contributed by atoms with Crippen LogP contribution < -0.4 is 15.0 Å². The maximum atomic E-state index is 14.4. The Bertz CT molecular complexity index is 1610. The first kappa shape index (κ1) is 30.4. The molecule has 1 saturated heterocycles. The number of benzene rings is 1. The SMILES string of the molecule is COc1ccc(-c2cc3c(Nc4ccc(N5CCN(C(=O)OC(C)(C)C)CC5)c(C(F)(F)F)c4)c(CO)cnc3s2)cn1. The number of thiophene rings is 1. The highest BCUT2D eigenvalue weighted by Crippen LogP contribution is 2.42. The molecule has 13 heteroatoms. The molecule has 0 aliphatic carbocycles. The summed E-state index contributed by atoms with van der Waals surface area (Å²) in [4.78, 5) is 25.8. The van der Waals surface area contributed by atoms with Crippen molar-refractivity contribution in [3.05, 3.63) is 59.9 Å². The fourth-order valence-corrected chi connectivity index (χ4v) is 5.80. The minimum absolute atomic E-state index is 0.0361. The third-order valence-corrected chi connectivity index (χ3v) is 7.98. The first-order chi connectivity index (χ1) is 20.4. The lowest BCUT2D eigenvalue weighted by molar-refractivity contribution is -0.137. The van der Waals surface area contributed by atoms with Gasteiger partial charge in [-0.2, -0.15) is 13.2 Å². The number of nitrogens with zero attached hydrogens (tertiary/aromatic N) is 4. The minimum atomic E-state index is -4.63. The van der Waals surface area contributed by atoms with Crippen LogP contribution in [0.15, 0.2) is 48.8 Å². The van der Waals surface area contributed by atoms with Crippen molar-refractivity contribution in [2.24, 2.45) is 0 Å². The first-order valence-electron chi connectivity index (χ1n) is 13.6. The molecular formula is C30H32F3N5O4S. The zero-order valence-electron chi connectivity index (χ0n) is 24.2. The molecule has 1 fully saturated rings. The predicted molar refractivity (Wildman–Crippen MR) is 160 cm³/mol. The molecule has 9 nitrogen and oxygen atoms in total. The lowest BCUT2D eigenvalue weighted by Gasteiger charge is -2.37. The summed E-state index contributed by atoms with van der Waals surface area (Å²) in [5, 5.41) is 13.8. The van der Waals surface area contributed by atoms with Gasteiger partial charge in [-0.05, 0) is 51.1 Å². The molecule has 4 aromatic rings. The van der Waals surface area contributed by atoms with Crippen LogP contribution in [-0.2, 0) is 17.5 Å². The van der Waals surface area contributed by atoms with E-state index in [-0.39, 0.29) is 44.2 Å². The standard InChI is InChI=1S/C30H32F3N5O4S/c1-29(2,3)42-28(40)38-11-9-37(10-12-38)23-7-6-20(13-22(23)30(31,32)33)36-26-19(17-39)16-35-27-21(26)14-24(43-27)18-5-8-25(41-4)34-15-18/h5-8,13-16,39H,9-12,17H2,1-4H3,(H,35,36). The Kier molecular flexibility index (Phi) is 8.39. The van der Waals surface area contributed by atoms with Crippen LogP contribution in [0.2, 0.25) is 0 Å². The van der Waals surface area contributed by atoms with Gasteiger partial charge in [0, 0.05) is 77.4 Å². The molecular weight excluding hydrogens is 583 g/mol. The second-order valence-corrected chi connectivity index (χ2v) is 12.1. The number of aliphatic hydroxyl groups is 1. The summed E-state index contributed by atoms with van der Waals surface area (Å²) >= 11 is 1.40. The van der Waals surface area contributed by atoms with Gasteiger partial charge in [0.2, 0.25) is 5.88 Å². The van der Waals surface area contributed by atoms with E-state index in [4.69, 9.17) is 9.47 Å². The normalized spacial score (nSPS) is 14.2. The first-order valence-corrected chi connectivity index (χ1v) is 14.4. The van der Waals surface area contributed by atoms with Crippen molar-refractivity contribution in [1.29, 1.82) is 0 Å². The second-order valence-electron chi connectivity index (χ2n) is 11.0. The highest BCUT2D eigenvalue weighted by molar-refractivity contribution is 7.21. The minimum Gasteiger partial charge on any atom is -0.481 e. The molecule has 0 unspecified atom stereocenters. The number of hydrogen-bond acceptors (Lipinski definition) is 9. The van der Waals surface area contributed by atoms with Gasteiger partial charge in [-0.3, -0.25) is 0 Å². The monoisotopic (exact) mass is 615 g/mol. The molecule has 2 N–H and O–H groups in total. The maximum Gasteiger partial charge on any atom is 0.418 e. The van der Waals surface area contributed by atoms with Crippen LogP contribution in [0.25, 0.3) is 20.7 Å². The second kappa shape index (κ2) is 11.9. The van der Waals surface area contributed by atoms with Crippen LogP contribution in [0.1, 0.15) is 31.9 Å². The fourth-order valence-electron chi connectivity index (χ4n) is 4.80. The summed E-state index contributed by atoms with van der Waals surface area (Å²) in [6.45, 7) is 5.88. The van der Waals surface area contributed by atoms with Gasteiger partial charge in [-0.1, -0.05) is 0 Å². The number of nitrogens with one attached hydrogen (secondary N) is 1. The molecule has 1 aliphatic heterocycles. The van der Waals surface area contributed by atoms with Gasteiger partial charge in [-0.15, -0.1) is 11.3 Å². The van der Waals surface area contributed by atoms with Crippen molar-refractivity contribution in [3.8, 4) is 16.3 Å². The third-order valence-electron chi connectivity index (χ3n) is 6.88. The van der Waals surface area contributed by atoms with E-state index in [9.17, 15) is 23.1 Å². The zero-order chi connectivity index (χ0) is 30.9. The highest BCUT2D eigenvalue weighted by Gasteiger charge is 2.36.